The number of benzene rings is 2. The first-order chi connectivity index (χ1) is 12.2. The first kappa shape index (κ1) is 15.1. The highest BCUT2D eigenvalue weighted by molar-refractivity contribution is 5.80. The maximum absolute atomic E-state index is 10.9. The van der Waals surface area contributed by atoms with Crippen molar-refractivity contribution < 1.29 is 13.7 Å². The van der Waals surface area contributed by atoms with Crippen molar-refractivity contribution in [3.8, 4) is 34.2 Å². The summed E-state index contributed by atoms with van der Waals surface area (Å²) in [6.07, 6.45) is 0.675. The monoisotopic (exact) mass is 330 g/mol. The van der Waals surface area contributed by atoms with Crippen molar-refractivity contribution in [2.45, 2.75) is 6.92 Å². The van der Waals surface area contributed by atoms with Crippen LogP contribution in [0.15, 0.2) is 69.6 Å². The first-order valence-corrected chi connectivity index (χ1v) is 7.80. The van der Waals surface area contributed by atoms with Crippen molar-refractivity contribution in [2.24, 2.45) is 0 Å². The summed E-state index contributed by atoms with van der Waals surface area (Å²) in [5, 5.41) is 4.08. The van der Waals surface area contributed by atoms with Gasteiger partial charge in [-0.3, -0.25) is 4.79 Å². The van der Waals surface area contributed by atoms with Gasteiger partial charge in [0.05, 0.1) is 5.56 Å². The van der Waals surface area contributed by atoms with E-state index < -0.39 is 0 Å². The van der Waals surface area contributed by atoms with Crippen LogP contribution in [0.4, 0.5) is 0 Å². The summed E-state index contributed by atoms with van der Waals surface area (Å²) < 4.78 is 11.0. The second-order valence-corrected chi connectivity index (χ2v) is 5.65. The van der Waals surface area contributed by atoms with Gasteiger partial charge in [0, 0.05) is 11.1 Å². The quantitative estimate of drug-likeness (QED) is 0.503. The highest BCUT2D eigenvalue weighted by Crippen LogP contribution is 2.33. The van der Waals surface area contributed by atoms with E-state index in [-0.39, 0.29) is 5.76 Å². The summed E-state index contributed by atoms with van der Waals surface area (Å²) in [4.78, 5) is 15.4. The Morgan fingerprint density at radius 1 is 0.920 bits per heavy atom. The molecule has 0 aliphatic rings. The van der Waals surface area contributed by atoms with E-state index >= 15 is 0 Å². The molecule has 0 bridgehead atoms. The van der Waals surface area contributed by atoms with Crippen LogP contribution in [0.25, 0.3) is 34.2 Å². The van der Waals surface area contributed by atoms with Crippen LogP contribution >= 0.6 is 0 Å². The Bertz CT molecular complexity index is 1030. The van der Waals surface area contributed by atoms with Crippen molar-refractivity contribution >= 4 is 6.29 Å². The van der Waals surface area contributed by atoms with Gasteiger partial charge in [-0.2, -0.15) is 4.98 Å². The molecule has 4 aromatic rings. The molecule has 0 aliphatic heterocycles. The van der Waals surface area contributed by atoms with Crippen LogP contribution < -0.4 is 0 Å². The number of aldehydes is 1. The first-order valence-electron chi connectivity index (χ1n) is 7.80. The number of hydrogen-bond donors (Lipinski definition) is 0. The Balaban J connectivity index is 1.76. The summed E-state index contributed by atoms with van der Waals surface area (Å²) in [6, 6.07) is 18.8. The molecule has 5 heteroatoms. The molecule has 0 spiro atoms. The van der Waals surface area contributed by atoms with E-state index in [1.54, 1.807) is 12.1 Å². The Labute approximate surface area is 143 Å². The lowest BCUT2D eigenvalue weighted by atomic mass is 10.1. The van der Waals surface area contributed by atoms with Crippen molar-refractivity contribution in [1.29, 1.82) is 0 Å². The summed E-state index contributed by atoms with van der Waals surface area (Å²) >= 11 is 0. The van der Waals surface area contributed by atoms with Crippen LogP contribution in [0.2, 0.25) is 0 Å². The van der Waals surface area contributed by atoms with Gasteiger partial charge < -0.3 is 8.94 Å². The standard InChI is InChI=1S/C20H14N2O3/c1-13-6-8-14(9-7-13)19-21-20(25-22-19)17-5-3-2-4-16(17)18-11-10-15(12-23)24-18/h2-12H,1H3. The van der Waals surface area contributed by atoms with E-state index in [0.29, 0.717) is 23.8 Å². The molecule has 0 saturated heterocycles. The minimum atomic E-state index is 0.274. The molecular formula is C20H14N2O3. The van der Waals surface area contributed by atoms with E-state index in [9.17, 15) is 4.79 Å². The van der Waals surface area contributed by atoms with Crippen LogP contribution in [0.1, 0.15) is 16.1 Å². The Morgan fingerprint density at radius 3 is 2.40 bits per heavy atom. The maximum atomic E-state index is 10.9. The Morgan fingerprint density at radius 2 is 1.68 bits per heavy atom. The molecule has 0 N–H and O–H groups in total. The molecule has 0 atom stereocenters. The molecule has 4 rings (SSSR count). The molecule has 0 unspecified atom stereocenters. The molecule has 2 aromatic carbocycles. The predicted octanol–water partition coefficient (Wildman–Crippen LogP) is 4.78. The summed E-state index contributed by atoms with van der Waals surface area (Å²) in [5.41, 5.74) is 3.59. The fourth-order valence-electron chi connectivity index (χ4n) is 2.60. The summed E-state index contributed by atoms with van der Waals surface area (Å²) in [7, 11) is 0. The third kappa shape index (κ3) is 2.87. The third-order valence-electron chi connectivity index (χ3n) is 3.90. The minimum absolute atomic E-state index is 0.274. The van der Waals surface area contributed by atoms with Gasteiger partial charge in [0.1, 0.15) is 5.76 Å². The smallest absolute Gasteiger partial charge is 0.258 e. The number of carbonyl (C=O) groups is 1. The highest BCUT2D eigenvalue weighted by Gasteiger charge is 2.16. The lowest BCUT2D eigenvalue weighted by Crippen LogP contribution is -1.85. The molecule has 0 amide bonds. The van der Waals surface area contributed by atoms with Gasteiger partial charge in [-0.05, 0) is 25.1 Å². The molecule has 25 heavy (non-hydrogen) atoms. The maximum Gasteiger partial charge on any atom is 0.258 e. The number of nitrogens with zero attached hydrogens (tertiary/aromatic N) is 2. The molecule has 0 saturated carbocycles. The number of aryl methyl sites for hydroxylation is 1. The molecule has 2 heterocycles. The van der Waals surface area contributed by atoms with Crippen LogP contribution in [-0.4, -0.2) is 16.4 Å². The van der Waals surface area contributed by atoms with Crippen LogP contribution in [0.5, 0.6) is 0 Å². The van der Waals surface area contributed by atoms with Gasteiger partial charge in [-0.1, -0.05) is 53.2 Å². The summed E-state index contributed by atoms with van der Waals surface area (Å²) in [6.45, 7) is 2.03. The van der Waals surface area contributed by atoms with Gasteiger partial charge in [0.2, 0.25) is 5.82 Å². The van der Waals surface area contributed by atoms with E-state index in [2.05, 4.69) is 10.1 Å². The van der Waals surface area contributed by atoms with E-state index in [0.717, 1.165) is 16.7 Å². The zero-order valence-electron chi connectivity index (χ0n) is 13.5. The lowest BCUT2D eigenvalue weighted by molar-refractivity contribution is 0.110. The number of carbonyl (C=O) groups excluding carboxylic acids is 1. The molecule has 0 aliphatic carbocycles. The number of hydrogen-bond acceptors (Lipinski definition) is 5. The van der Waals surface area contributed by atoms with E-state index in [1.807, 2.05) is 55.5 Å². The SMILES string of the molecule is Cc1ccc(-c2noc(-c3ccccc3-c3ccc(C=O)o3)n2)cc1. The van der Waals surface area contributed by atoms with Crippen LogP contribution in [0, 0.1) is 6.92 Å². The fourth-order valence-corrected chi connectivity index (χ4v) is 2.60. The normalized spacial score (nSPS) is 10.8. The number of rotatable bonds is 4. The van der Waals surface area contributed by atoms with Crippen molar-refractivity contribution in [2.75, 3.05) is 0 Å². The zero-order chi connectivity index (χ0) is 17.2. The third-order valence-corrected chi connectivity index (χ3v) is 3.90. The zero-order valence-corrected chi connectivity index (χ0v) is 13.5. The topological polar surface area (TPSA) is 69.1 Å². The van der Waals surface area contributed by atoms with Crippen molar-refractivity contribution in [3.05, 3.63) is 72.0 Å². The average Bonchev–Trinajstić information content (AvgIpc) is 3.32. The fraction of sp³-hybridized carbons (Fsp3) is 0.0500. The predicted molar refractivity (Wildman–Crippen MR) is 93.0 cm³/mol. The lowest BCUT2D eigenvalue weighted by Gasteiger charge is -2.02. The summed E-state index contributed by atoms with van der Waals surface area (Å²) in [5.74, 6) is 1.77. The molecule has 5 nitrogen and oxygen atoms in total. The number of furan rings is 1. The molecular weight excluding hydrogens is 316 g/mol. The van der Waals surface area contributed by atoms with Crippen LogP contribution in [0.3, 0.4) is 0 Å². The van der Waals surface area contributed by atoms with Gasteiger partial charge >= 0.3 is 0 Å². The molecule has 122 valence electrons. The van der Waals surface area contributed by atoms with Crippen molar-refractivity contribution in [1.82, 2.24) is 10.1 Å². The van der Waals surface area contributed by atoms with E-state index in [1.165, 1.54) is 5.56 Å². The second kappa shape index (κ2) is 6.20. The largest absolute Gasteiger partial charge is 0.453 e. The highest BCUT2D eigenvalue weighted by atomic mass is 16.5. The van der Waals surface area contributed by atoms with Gasteiger partial charge in [0.25, 0.3) is 5.89 Å². The van der Waals surface area contributed by atoms with E-state index in [4.69, 9.17) is 8.94 Å². The van der Waals surface area contributed by atoms with Gasteiger partial charge in [-0.25, -0.2) is 0 Å². The van der Waals surface area contributed by atoms with Crippen LogP contribution in [-0.2, 0) is 0 Å². The average molecular weight is 330 g/mol. The number of aromatic nitrogens is 2. The van der Waals surface area contributed by atoms with Crippen molar-refractivity contribution in [3.63, 3.8) is 0 Å². The molecule has 2 aromatic heterocycles. The second-order valence-electron chi connectivity index (χ2n) is 5.65. The minimum Gasteiger partial charge on any atom is -0.453 e. The molecule has 0 fully saturated rings. The Kier molecular flexibility index (Phi) is 3.74. The Hall–Kier alpha value is -3.47. The van der Waals surface area contributed by atoms with Gasteiger partial charge in [0.15, 0.2) is 12.0 Å². The molecule has 0 radical (unpaired) electrons. The van der Waals surface area contributed by atoms with Gasteiger partial charge in [-0.15, -0.1) is 0 Å².